The second-order valence-corrected chi connectivity index (χ2v) is 7.46. The van der Waals surface area contributed by atoms with E-state index >= 15 is 0 Å². The fourth-order valence-electron chi connectivity index (χ4n) is 3.67. The quantitative estimate of drug-likeness (QED) is 0.521. The van der Waals surface area contributed by atoms with Gasteiger partial charge in [0.25, 0.3) is 0 Å². The number of nitrogens with zero attached hydrogens (tertiary/aromatic N) is 4. The molecule has 1 atom stereocenters. The van der Waals surface area contributed by atoms with Crippen LogP contribution in [0.25, 0.3) is 5.69 Å². The molecule has 4 rings (SSSR count). The van der Waals surface area contributed by atoms with Crippen molar-refractivity contribution in [3.8, 4) is 5.69 Å². The van der Waals surface area contributed by atoms with Gasteiger partial charge in [0, 0.05) is 50.8 Å². The molecular weight excluding hydrogens is 360 g/mol. The van der Waals surface area contributed by atoms with Crippen LogP contribution in [0.15, 0.2) is 72.0 Å². The molecule has 1 saturated heterocycles. The number of rotatable bonds is 5. The number of hydrogen-bond donors (Lipinski definition) is 2. The molecule has 0 spiro atoms. The molecule has 6 heteroatoms. The van der Waals surface area contributed by atoms with Crippen LogP contribution in [0.3, 0.4) is 0 Å². The predicted octanol–water partition coefficient (Wildman–Crippen LogP) is 3.12. The van der Waals surface area contributed by atoms with Crippen LogP contribution in [0.2, 0.25) is 0 Å². The van der Waals surface area contributed by atoms with Crippen LogP contribution in [-0.2, 0) is 6.54 Å². The van der Waals surface area contributed by atoms with Gasteiger partial charge in [-0.25, -0.2) is 4.68 Å². The summed E-state index contributed by atoms with van der Waals surface area (Å²) in [6.07, 6.45) is 4.84. The first-order valence-corrected chi connectivity index (χ1v) is 10.1. The maximum absolute atomic E-state index is 4.41. The third-order valence-corrected chi connectivity index (χ3v) is 5.29. The zero-order valence-electron chi connectivity index (χ0n) is 17.0. The van der Waals surface area contributed by atoms with Crippen molar-refractivity contribution in [2.24, 2.45) is 4.99 Å². The van der Waals surface area contributed by atoms with E-state index in [4.69, 9.17) is 0 Å². The molecule has 0 radical (unpaired) electrons. The molecule has 0 bridgehead atoms. The summed E-state index contributed by atoms with van der Waals surface area (Å²) < 4.78 is 1.87. The van der Waals surface area contributed by atoms with Crippen LogP contribution in [0.4, 0.5) is 5.69 Å². The highest BCUT2D eigenvalue weighted by Crippen LogP contribution is 2.20. The zero-order valence-corrected chi connectivity index (χ0v) is 17.0. The monoisotopic (exact) mass is 388 g/mol. The minimum absolute atomic E-state index is 0.387. The Balaban J connectivity index is 1.31. The van der Waals surface area contributed by atoms with Crippen LogP contribution in [0.1, 0.15) is 17.5 Å². The van der Waals surface area contributed by atoms with E-state index in [2.05, 4.69) is 81.1 Å². The largest absolute Gasteiger partial charge is 0.369 e. The Morgan fingerprint density at radius 2 is 2.00 bits per heavy atom. The molecule has 1 unspecified atom stereocenters. The second-order valence-electron chi connectivity index (χ2n) is 7.46. The van der Waals surface area contributed by atoms with Crippen LogP contribution < -0.4 is 15.5 Å². The van der Waals surface area contributed by atoms with E-state index in [9.17, 15) is 0 Å². The minimum Gasteiger partial charge on any atom is -0.369 e. The van der Waals surface area contributed by atoms with E-state index in [1.54, 1.807) is 6.20 Å². The number of aliphatic imine (C=N–C) groups is 1. The number of anilines is 1. The van der Waals surface area contributed by atoms with Crippen molar-refractivity contribution in [3.05, 3.63) is 78.1 Å². The molecule has 0 amide bonds. The van der Waals surface area contributed by atoms with Crippen molar-refractivity contribution in [3.63, 3.8) is 0 Å². The van der Waals surface area contributed by atoms with Gasteiger partial charge in [0.05, 0.1) is 5.69 Å². The fraction of sp³-hybridized carbons (Fsp3) is 0.304. The molecule has 2 aromatic carbocycles. The van der Waals surface area contributed by atoms with E-state index in [1.807, 2.05) is 24.0 Å². The molecule has 1 fully saturated rings. The Labute approximate surface area is 172 Å². The van der Waals surface area contributed by atoms with Crippen molar-refractivity contribution < 1.29 is 0 Å². The molecule has 150 valence electrons. The van der Waals surface area contributed by atoms with Crippen LogP contribution in [0.5, 0.6) is 0 Å². The normalized spacial score (nSPS) is 16.8. The summed E-state index contributed by atoms with van der Waals surface area (Å²) >= 11 is 0. The van der Waals surface area contributed by atoms with Gasteiger partial charge < -0.3 is 15.5 Å². The van der Waals surface area contributed by atoms with Crippen molar-refractivity contribution in [2.45, 2.75) is 25.9 Å². The molecule has 3 aromatic rings. The number of guanidine groups is 1. The molecule has 0 aliphatic carbocycles. The van der Waals surface area contributed by atoms with Crippen molar-refractivity contribution in [1.82, 2.24) is 20.4 Å². The Bertz CT molecular complexity index is 946. The van der Waals surface area contributed by atoms with Gasteiger partial charge in [0.2, 0.25) is 0 Å². The van der Waals surface area contributed by atoms with Crippen molar-refractivity contribution >= 4 is 11.6 Å². The van der Waals surface area contributed by atoms with Gasteiger partial charge >= 0.3 is 0 Å². The molecule has 1 aliphatic heterocycles. The van der Waals surface area contributed by atoms with Crippen LogP contribution in [-0.4, -0.2) is 41.9 Å². The summed E-state index contributed by atoms with van der Waals surface area (Å²) in [5.74, 6) is 0.838. The average molecular weight is 389 g/mol. The number of benzene rings is 2. The number of aryl methyl sites for hydroxylation is 1. The molecular formula is C23H28N6. The molecule has 2 heterocycles. The first-order chi connectivity index (χ1) is 14.2. The lowest BCUT2D eigenvalue weighted by atomic mass is 10.2. The lowest BCUT2D eigenvalue weighted by Gasteiger charge is -2.20. The Kier molecular flexibility index (Phi) is 5.79. The van der Waals surface area contributed by atoms with E-state index in [1.165, 1.54) is 16.8 Å². The molecule has 0 saturated carbocycles. The molecule has 6 nitrogen and oxygen atoms in total. The van der Waals surface area contributed by atoms with E-state index in [-0.39, 0.29) is 0 Å². The summed E-state index contributed by atoms with van der Waals surface area (Å²) in [6.45, 7) is 4.88. The minimum atomic E-state index is 0.387. The number of hydrogen-bond acceptors (Lipinski definition) is 3. The van der Waals surface area contributed by atoms with E-state index < -0.39 is 0 Å². The number of nitrogens with one attached hydrogen (secondary N) is 2. The van der Waals surface area contributed by atoms with Crippen molar-refractivity contribution in [1.29, 1.82) is 0 Å². The van der Waals surface area contributed by atoms with Gasteiger partial charge in [-0.15, -0.1) is 0 Å². The zero-order chi connectivity index (χ0) is 20.1. The lowest BCUT2D eigenvalue weighted by molar-refractivity contribution is 0.648. The first kappa shape index (κ1) is 19.1. The summed E-state index contributed by atoms with van der Waals surface area (Å²) in [6, 6.07) is 19.4. The van der Waals surface area contributed by atoms with Gasteiger partial charge in [-0.1, -0.05) is 29.8 Å². The second kappa shape index (κ2) is 8.82. The highest BCUT2D eigenvalue weighted by Gasteiger charge is 2.23. The fourth-order valence-corrected chi connectivity index (χ4v) is 3.67. The van der Waals surface area contributed by atoms with Crippen molar-refractivity contribution in [2.75, 3.05) is 25.0 Å². The SMILES string of the molecule is CN=C(NCc1cccc(-n2cccn2)c1)NC1CCN(c2ccc(C)cc2)C1. The first-order valence-electron chi connectivity index (χ1n) is 10.1. The van der Waals surface area contributed by atoms with Gasteiger partial charge in [0.1, 0.15) is 0 Å². The van der Waals surface area contributed by atoms with Gasteiger partial charge in [-0.2, -0.15) is 5.10 Å². The molecule has 1 aliphatic rings. The smallest absolute Gasteiger partial charge is 0.191 e. The highest BCUT2D eigenvalue weighted by atomic mass is 15.3. The Morgan fingerprint density at radius 1 is 1.14 bits per heavy atom. The maximum Gasteiger partial charge on any atom is 0.191 e. The van der Waals surface area contributed by atoms with Gasteiger partial charge in [0.15, 0.2) is 5.96 Å². The highest BCUT2D eigenvalue weighted by molar-refractivity contribution is 5.80. The summed E-state index contributed by atoms with van der Waals surface area (Å²) in [5.41, 5.74) is 4.83. The molecule has 2 N–H and O–H groups in total. The third-order valence-electron chi connectivity index (χ3n) is 5.29. The summed E-state index contributed by atoms with van der Waals surface area (Å²) in [5, 5.41) is 11.3. The maximum atomic E-state index is 4.41. The van der Waals surface area contributed by atoms with Gasteiger partial charge in [-0.05, 0) is 49.2 Å². The summed E-state index contributed by atoms with van der Waals surface area (Å²) in [7, 11) is 1.82. The molecule has 29 heavy (non-hydrogen) atoms. The average Bonchev–Trinajstić information content (AvgIpc) is 3.44. The summed E-state index contributed by atoms with van der Waals surface area (Å²) in [4.78, 5) is 6.84. The Morgan fingerprint density at radius 3 is 2.76 bits per heavy atom. The topological polar surface area (TPSA) is 57.5 Å². The number of aromatic nitrogens is 2. The third kappa shape index (κ3) is 4.77. The van der Waals surface area contributed by atoms with Crippen LogP contribution in [0, 0.1) is 6.92 Å². The van der Waals surface area contributed by atoms with E-state index in [0.29, 0.717) is 12.6 Å². The molecule has 1 aromatic heterocycles. The lowest BCUT2D eigenvalue weighted by Crippen LogP contribution is -2.44. The van der Waals surface area contributed by atoms with E-state index in [0.717, 1.165) is 31.2 Å². The Hall–Kier alpha value is -3.28. The standard InChI is InChI=1S/C23H28N6/c1-18-7-9-21(10-8-18)28-14-11-20(17-28)27-23(24-2)25-16-19-5-3-6-22(15-19)29-13-4-12-26-29/h3-10,12-13,15,20H,11,14,16-17H2,1-2H3,(H2,24,25,27). The van der Waals surface area contributed by atoms with Gasteiger partial charge in [-0.3, -0.25) is 4.99 Å². The predicted molar refractivity (Wildman–Crippen MR) is 119 cm³/mol. The van der Waals surface area contributed by atoms with Crippen LogP contribution >= 0.6 is 0 Å².